The molecule has 72 heavy (non-hydrogen) atoms. The highest BCUT2D eigenvalue weighted by Gasteiger charge is 2.61. The van der Waals surface area contributed by atoms with E-state index in [2.05, 4.69) is 97.1 Å². The molecule has 1 fully saturated rings. The summed E-state index contributed by atoms with van der Waals surface area (Å²) in [7, 11) is 1.51. The molecule has 0 amide bonds. The Morgan fingerprint density at radius 1 is 0.847 bits per heavy atom. The number of esters is 2. The molecule has 9 atom stereocenters. The maximum Gasteiger partial charge on any atom is 0.340 e. The van der Waals surface area contributed by atoms with Crippen molar-refractivity contribution in [1.82, 2.24) is 0 Å². The Hall–Kier alpha value is -6.11. The van der Waals surface area contributed by atoms with Gasteiger partial charge in [0.15, 0.2) is 17.8 Å². The van der Waals surface area contributed by atoms with Crippen molar-refractivity contribution in [3.05, 3.63) is 181 Å². The Morgan fingerprint density at radius 3 is 2.43 bits per heavy atom. The molecule has 376 valence electrons. The van der Waals surface area contributed by atoms with Crippen LogP contribution in [0.1, 0.15) is 133 Å². The highest BCUT2D eigenvalue weighted by atomic mass is 16.6. The van der Waals surface area contributed by atoms with E-state index in [1.54, 1.807) is 19.1 Å². The van der Waals surface area contributed by atoms with Gasteiger partial charge in [-0.3, -0.25) is 4.79 Å². The van der Waals surface area contributed by atoms with Crippen LogP contribution in [0, 0.1) is 17.8 Å². The number of allylic oxidation sites excluding steroid dienone is 3. The minimum absolute atomic E-state index is 0.0229. The second-order valence-corrected chi connectivity index (χ2v) is 20.7. The molecule has 0 unspecified atom stereocenters. The van der Waals surface area contributed by atoms with E-state index >= 15 is 9.59 Å². The quantitative estimate of drug-likeness (QED) is 0.0529. The summed E-state index contributed by atoms with van der Waals surface area (Å²) in [4.78, 5) is 44.9. The van der Waals surface area contributed by atoms with Crippen LogP contribution >= 0.6 is 0 Å². The molecule has 11 rings (SSSR count). The Morgan fingerprint density at radius 2 is 1.65 bits per heavy atom. The maximum atomic E-state index is 15.4. The van der Waals surface area contributed by atoms with E-state index in [0.29, 0.717) is 47.1 Å². The zero-order valence-electron chi connectivity index (χ0n) is 41.3. The molecule has 2 bridgehead atoms. The van der Waals surface area contributed by atoms with Crippen molar-refractivity contribution >= 4 is 22.9 Å². The monoisotopic (exact) mass is 974 g/mol. The number of carbonyl (C=O) groups excluding carboxylic acids is 2. The molecule has 3 aliphatic heterocycles. The first kappa shape index (κ1) is 49.5. The van der Waals surface area contributed by atoms with Crippen molar-refractivity contribution in [1.29, 1.82) is 0 Å². The number of carbonyl (C=O) groups is 2. The normalized spacial score (nSPS) is 27.2. The predicted octanol–water partition coefficient (Wildman–Crippen LogP) is 10.2. The first-order valence-electron chi connectivity index (χ1n) is 25.9. The number of benzene rings is 4. The van der Waals surface area contributed by atoms with Gasteiger partial charge in [-0.2, -0.15) is 0 Å². The number of rotatable bonds is 10. The van der Waals surface area contributed by atoms with Gasteiger partial charge in [-0.1, -0.05) is 116 Å². The van der Waals surface area contributed by atoms with Gasteiger partial charge < -0.3 is 38.7 Å². The SMILES string of the molecule is COC[C@@H](CCO)c1c(CO)c2ccc3c(c2oc1=O)[C@H]1OC(=O)C[C@H]2C[C@H](c4cccc(Cc5ccccc5)c4)C=C[C@H]2c2ccc(cc2)CC/C(=C(\C)CO)C(=O)O[C@@H]1[C@@]1(CC=C[C@@H]2CCCC[C@H]21)O3. The third-order valence-electron chi connectivity index (χ3n) is 16.4. The molecule has 5 aromatic rings. The van der Waals surface area contributed by atoms with E-state index in [-0.39, 0.29) is 85.4 Å². The molecule has 11 nitrogen and oxygen atoms in total. The highest BCUT2D eigenvalue weighted by molar-refractivity contribution is 5.90. The van der Waals surface area contributed by atoms with Crippen LogP contribution in [0.25, 0.3) is 11.0 Å². The van der Waals surface area contributed by atoms with E-state index in [1.807, 2.05) is 6.07 Å². The summed E-state index contributed by atoms with van der Waals surface area (Å²) in [5, 5.41) is 32.1. The fourth-order valence-corrected chi connectivity index (χ4v) is 12.8. The van der Waals surface area contributed by atoms with Gasteiger partial charge in [-0.15, -0.1) is 0 Å². The average molecular weight is 975 g/mol. The number of hydrogen-bond acceptors (Lipinski definition) is 11. The summed E-state index contributed by atoms with van der Waals surface area (Å²) in [5.74, 6) is -1.73. The molecule has 4 heterocycles. The largest absolute Gasteiger partial charge is 0.482 e. The van der Waals surface area contributed by atoms with Crippen LogP contribution < -0.4 is 10.4 Å². The molecule has 1 spiro atoms. The van der Waals surface area contributed by atoms with Crippen LogP contribution in [0.5, 0.6) is 5.75 Å². The third-order valence-corrected chi connectivity index (χ3v) is 16.4. The number of ether oxygens (including phenoxy) is 4. The lowest BCUT2D eigenvalue weighted by Crippen LogP contribution is -2.62. The van der Waals surface area contributed by atoms with Gasteiger partial charge in [0, 0.05) is 66.8 Å². The fourth-order valence-electron chi connectivity index (χ4n) is 12.8. The zero-order valence-corrected chi connectivity index (χ0v) is 41.3. The van der Waals surface area contributed by atoms with Gasteiger partial charge in [0.1, 0.15) is 11.3 Å². The summed E-state index contributed by atoms with van der Waals surface area (Å²) in [6.07, 6.45) is 12.8. The van der Waals surface area contributed by atoms with Crippen molar-refractivity contribution in [3.63, 3.8) is 0 Å². The number of aryl methyl sites for hydroxylation is 1. The van der Waals surface area contributed by atoms with Crippen LogP contribution in [-0.2, 0) is 43.2 Å². The molecule has 3 aliphatic carbocycles. The number of aliphatic hydroxyl groups excluding tert-OH is 3. The summed E-state index contributed by atoms with van der Waals surface area (Å²) < 4.78 is 33.0. The molecular weight excluding hydrogens is 909 g/mol. The zero-order chi connectivity index (χ0) is 49.9. The lowest BCUT2D eigenvalue weighted by Gasteiger charge is -2.54. The molecule has 11 heteroatoms. The first-order chi connectivity index (χ1) is 35.1. The molecule has 6 aliphatic rings. The topological polar surface area (TPSA) is 162 Å². The number of aliphatic hydroxyl groups is 3. The summed E-state index contributed by atoms with van der Waals surface area (Å²) in [5.41, 5.74) is 5.33. The third kappa shape index (κ3) is 9.64. The summed E-state index contributed by atoms with van der Waals surface area (Å²) in [6, 6.07) is 31.0. The molecule has 4 aromatic carbocycles. The van der Waals surface area contributed by atoms with Crippen LogP contribution in [0.15, 0.2) is 136 Å². The number of hydrogen-bond donors (Lipinski definition) is 3. The lowest BCUT2D eigenvalue weighted by molar-refractivity contribution is -0.208. The van der Waals surface area contributed by atoms with Gasteiger partial charge >= 0.3 is 17.6 Å². The molecule has 0 saturated heterocycles. The van der Waals surface area contributed by atoms with Crippen molar-refractivity contribution in [2.45, 2.75) is 120 Å². The Kier molecular flexibility index (Phi) is 14.8. The molecular formula is C61H66O11. The molecule has 1 aromatic heterocycles. The van der Waals surface area contributed by atoms with Gasteiger partial charge in [0.25, 0.3) is 0 Å². The van der Waals surface area contributed by atoms with E-state index in [0.717, 1.165) is 43.2 Å². The summed E-state index contributed by atoms with van der Waals surface area (Å²) >= 11 is 0. The Bertz CT molecular complexity index is 2930. The molecule has 1 saturated carbocycles. The van der Waals surface area contributed by atoms with E-state index in [1.165, 1.54) is 23.8 Å². The van der Waals surface area contributed by atoms with Crippen LogP contribution in [0.3, 0.4) is 0 Å². The Labute approximate surface area is 421 Å². The average Bonchev–Trinajstić information content (AvgIpc) is 3.39. The minimum Gasteiger partial charge on any atom is -0.482 e. The predicted molar refractivity (Wildman–Crippen MR) is 274 cm³/mol. The van der Waals surface area contributed by atoms with Gasteiger partial charge in [-0.05, 0) is 115 Å². The standard InChI is InChI=1S/C61H66O11/c1-37(34-63)47-23-19-38-17-20-41(21-18-38)48-24-22-44(43-14-8-12-40(31-43)30-39-10-4-3-5-11-39)32-46(48)33-53(65)69-57-55-52(72-61(58(57)71-59(47)66)28-9-15-42-13-6-7-16-51(42)61)26-25-49-50(35-64)54(60(67)70-56(49)55)45(27-29-62)36-68-2/h3-5,8-12,14-15,17-18,20-22,24-26,31,42,44-46,48,51,57-58,62-64H,6-7,13,16,19,23,27-30,32-36H2,1-2H3/b47-37-/t42-,44+,45+,46+,48-,51+,57+,58-,61-/m0/s1. The second kappa shape index (κ2) is 21.5. The van der Waals surface area contributed by atoms with Crippen molar-refractivity contribution in [2.24, 2.45) is 17.8 Å². The molecule has 0 radical (unpaired) electrons. The first-order valence-corrected chi connectivity index (χ1v) is 25.9. The van der Waals surface area contributed by atoms with Crippen molar-refractivity contribution < 1.29 is 48.3 Å². The van der Waals surface area contributed by atoms with Crippen LogP contribution in [-0.4, -0.2) is 65.9 Å². The lowest BCUT2D eigenvalue weighted by atomic mass is 9.62. The molecule has 3 N–H and O–H groups in total. The van der Waals surface area contributed by atoms with E-state index in [9.17, 15) is 20.1 Å². The van der Waals surface area contributed by atoms with Crippen LogP contribution in [0.4, 0.5) is 0 Å². The summed E-state index contributed by atoms with van der Waals surface area (Å²) in [6.45, 7) is 0.700. The highest BCUT2D eigenvalue weighted by Crippen LogP contribution is 2.56. The van der Waals surface area contributed by atoms with E-state index in [4.69, 9.17) is 23.4 Å². The van der Waals surface area contributed by atoms with Gasteiger partial charge in [0.2, 0.25) is 0 Å². The smallest absolute Gasteiger partial charge is 0.340 e. The fraction of sp³-hybridized carbons (Fsp3) is 0.426. The van der Waals surface area contributed by atoms with Crippen molar-refractivity contribution in [2.75, 3.05) is 26.9 Å². The minimum atomic E-state index is -1.32. The Balaban J connectivity index is 1.13. The van der Waals surface area contributed by atoms with Crippen molar-refractivity contribution in [3.8, 4) is 5.75 Å². The van der Waals surface area contributed by atoms with Gasteiger partial charge in [-0.25, -0.2) is 9.59 Å². The van der Waals surface area contributed by atoms with Crippen LogP contribution in [0.2, 0.25) is 0 Å². The second-order valence-electron chi connectivity index (χ2n) is 20.7. The maximum absolute atomic E-state index is 15.4. The number of fused-ring (bicyclic) bond motifs is 13. The number of methoxy groups -OCH3 is 1. The van der Waals surface area contributed by atoms with Gasteiger partial charge in [0.05, 0.1) is 25.4 Å². The van der Waals surface area contributed by atoms with E-state index < -0.39 is 47.9 Å².